The standard InChI is InChI=1S/C20H29N3O5S/c1-22-18(11-8-16-6-9-17(27-2)10-7-16)19(15-28-22)29(25,26)21-12-4-14-23-13-3-5-20(23)24/h6-11,18-19,21H,3-5,12-15H2,1-2H3/b11-8+/t18-,19-/m0/s1. The molecule has 2 aliphatic rings. The molecule has 1 aromatic rings. The van der Waals surface area contributed by atoms with Crippen LogP contribution < -0.4 is 9.46 Å². The van der Waals surface area contributed by atoms with Crippen LogP contribution in [0.5, 0.6) is 5.75 Å². The van der Waals surface area contributed by atoms with Crippen molar-refractivity contribution in [3.8, 4) is 5.75 Å². The molecule has 3 rings (SSSR count). The number of amides is 1. The zero-order valence-corrected chi connectivity index (χ0v) is 17.7. The number of methoxy groups -OCH3 is 1. The summed E-state index contributed by atoms with van der Waals surface area (Å²) >= 11 is 0. The predicted octanol–water partition coefficient (Wildman–Crippen LogP) is 1.25. The SMILES string of the molecule is COc1ccc(/C=C/[C@H]2[C@@H](S(=O)(=O)NCCCN3CCCC3=O)CON2C)cc1. The van der Waals surface area contributed by atoms with Crippen LogP contribution in [0.3, 0.4) is 0 Å². The van der Waals surface area contributed by atoms with Crippen LogP contribution in [-0.4, -0.2) is 76.0 Å². The van der Waals surface area contributed by atoms with Gasteiger partial charge in [-0.05, 0) is 30.5 Å². The second-order valence-corrected chi connectivity index (χ2v) is 9.26. The number of carbonyl (C=O) groups excluding carboxylic acids is 1. The molecule has 1 N–H and O–H groups in total. The Labute approximate surface area is 172 Å². The highest BCUT2D eigenvalue weighted by molar-refractivity contribution is 7.90. The van der Waals surface area contributed by atoms with Crippen molar-refractivity contribution >= 4 is 22.0 Å². The number of nitrogens with zero attached hydrogens (tertiary/aromatic N) is 2. The van der Waals surface area contributed by atoms with Crippen LogP contribution in [0.25, 0.3) is 6.08 Å². The van der Waals surface area contributed by atoms with Crippen molar-refractivity contribution in [2.24, 2.45) is 0 Å². The number of ether oxygens (including phenoxy) is 1. The highest BCUT2D eigenvalue weighted by Gasteiger charge is 2.40. The molecule has 1 aromatic carbocycles. The molecule has 160 valence electrons. The van der Waals surface area contributed by atoms with E-state index in [4.69, 9.17) is 9.57 Å². The van der Waals surface area contributed by atoms with Crippen molar-refractivity contribution in [2.45, 2.75) is 30.6 Å². The summed E-state index contributed by atoms with van der Waals surface area (Å²) in [6.45, 7) is 1.77. The molecule has 0 aromatic heterocycles. The summed E-state index contributed by atoms with van der Waals surface area (Å²) in [7, 11) is -0.212. The van der Waals surface area contributed by atoms with Gasteiger partial charge in [0.15, 0.2) is 0 Å². The molecule has 8 nitrogen and oxygen atoms in total. The third kappa shape index (κ3) is 5.57. The van der Waals surface area contributed by atoms with Gasteiger partial charge in [0.1, 0.15) is 11.0 Å². The monoisotopic (exact) mass is 423 g/mol. The average Bonchev–Trinajstić information content (AvgIpc) is 3.29. The molecule has 0 spiro atoms. The Balaban J connectivity index is 1.56. The maximum Gasteiger partial charge on any atom is 0.222 e. The molecule has 0 bridgehead atoms. The number of sulfonamides is 1. The minimum Gasteiger partial charge on any atom is -0.497 e. The van der Waals surface area contributed by atoms with E-state index in [1.807, 2.05) is 36.4 Å². The number of likely N-dealkylation sites (N-methyl/N-ethyl adjacent to an activating group) is 1. The lowest BCUT2D eigenvalue weighted by Crippen LogP contribution is -2.43. The average molecular weight is 424 g/mol. The van der Waals surface area contributed by atoms with E-state index in [0.29, 0.717) is 25.9 Å². The zero-order chi connectivity index (χ0) is 20.9. The predicted molar refractivity (Wildman–Crippen MR) is 111 cm³/mol. The van der Waals surface area contributed by atoms with E-state index in [1.54, 1.807) is 24.1 Å². The van der Waals surface area contributed by atoms with Gasteiger partial charge in [0.05, 0.1) is 19.8 Å². The van der Waals surface area contributed by atoms with Gasteiger partial charge in [-0.2, -0.15) is 5.06 Å². The van der Waals surface area contributed by atoms with Gasteiger partial charge in [0.25, 0.3) is 0 Å². The van der Waals surface area contributed by atoms with E-state index >= 15 is 0 Å². The summed E-state index contributed by atoms with van der Waals surface area (Å²) in [5, 5.41) is 0.878. The molecule has 1 amide bonds. The first-order valence-corrected chi connectivity index (χ1v) is 11.4. The van der Waals surface area contributed by atoms with Crippen molar-refractivity contribution in [1.29, 1.82) is 0 Å². The molecular formula is C20H29N3O5S. The van der Waals surface area contributed by atoms with Gasteiger partial charge < -0.3 is 9.64 Å². The second-order valence-electron chi connectivity index (χ2n) is 7.28. The van der Waals surface area contributed by atoms with Gasteiger partial charge >= 0.3 is 0 Å². The normalized spacial score (nSPS) is 23.4. The Bertz CT molecular complexity index is 825. The highest BCUT2D eigenvalue weighted by Crippen LogP contribution is 2.22. The first-order valence-electron chi connectivity index (χ1n) is 9.85. The van der Waals surface area contributed by atoms with Gasteiger partial charge in [-0.1, -0.05) is 24.3 Å². The van der Waals surface area contributed by atoms with Crippen LogP contribution in [0.4, 0.5) is 0 Å². The number of carbonyl (C=O) groups is 1. The molecule has 0 saturated carbocycles. The van der Waals surface area contributed by atoms with E-state index in [1.165, 1.54) is 0 Å². The van der Waals surface area contributed by atoms with E-state index in [0.717, 1.165) is 24.3 Å². The molecule has 9 heteroatoms. The molecule has 0 radical (unpaired) electrons. The van der Waals surface area contributed by atoms with Gasteiger partial charge in [-0.15, -0.1) is 0 Å². The van der Waals surface area contributed by atoms with Crippen LogP contribution in [0.2, 0.25) is 0 Å². The third-order valence-corrected chi connectivity index (χ3v) is 7.14. The Hall–Kier alpha value is -1.94. The van der Waals surface area contributed by atoms with E-state index in [-0.39, 0.29) is 12.5 Å². The quantitative estimate of drug-likeness (QED) is 0.602. The Morgan fingerprint density at radius 1 is 1.31 bits per heavy atom. The lowest BCUT2D eigenvalue weighted by atomic mass is 10.1. The summed E-state index contributed by atoms with van der Waals surface area (Å²) in [6.07, 6.45) is 5.82. The molecule has 2 atom stereocenters. The molecule has 0 aliphatic carbocycles. The van der Waals surface area contributed by atoms with E-state index < -0.39 is 21.3 Å². The Kier molecular flexibility index (Phi) is 7.28. The number of rotatable bonds is 9. The summed E-state index contributed by atoms with van der Waals surface area (Å²) in [6, 6.07) is 7.14. The van der Waals surface area contributed by atoms with Crippen molar-refractivity contribution in [2.75, 3.05) is 40.4 Å². The number of benzene rings is 1. The molecule has 2 aliphatic heterocycles. The summed E-state index contributed by atoms with van der Waals surface area (Å²) in [4.78, 5) is 18.9. The maximum absolute atomic E-state index is 12.8. The molecule has 2 heterocycles. The van der Waals surface area contributed by atoms with Gasteiger partial charge in [0.2, 0.25) is 15.9 Å². The molecule has 0 unspecified atom stereocenters. The van der Waals surface area contributed by atoms with Crippen LogP contribution >= 0.6 is 0 Å². The fourth-order valence-electron chi connectivity index (χ4n) is 3.58. The number of hydrogen-bond donors (Lipinski definition) is 1. The van der Waals surface area contributed by atoms with Crippen molar-refractivity contribution < 1.29 is 22.8 Å². The lowest BCUT2D eigenvalue weighted by Gasteiger charge is -2.20. The summed E-state index contributed by atoms with van der Waals surface area (Å²) in [5.41, 5.74) is 0.950. The zero-order valence-electron chi connectivity index (χ0n) is 16.9. The summed E-state index contributed by atoms with van der Waals surface area (Å²) < 4.78 is 33.4. The number of nitrogens with one attached hydrogen (secondary N) is 1. The highest BCUT2D eigenvalue weighted by atomic mass is 32.2. The number of likely N-dealkylation sites (tertiary alicyclic amines) is 1. The van der Waals surface area contributed by atoms with Gasteiger partial charge in [-0.25, -0.2) is 13.1 Å². The number of hydrogen-bond acceptors (Lipinski definition) is 6. The Morgan fingerprint density at radius 3 is 2.72 bits per heavy atom. The fourth-order valence-corrected chi connectivity index (χ4v) is 5.10. The maximum atomic E-state index is 12.8. The van der Waals surface area contributed by atoms with Gasteiger partial charge in [-0.3, -0.25) is 9.63 Å². The fraction of sp³-hybridized carbons (Fsp3) is 0.550. The molecular weight excluding hydrogens is 394 g/mol. The molecule has 29 heavy (non-hydrogen) atoms. The second kappa shape index (κ2) is 9.71. The topological polar surface area (TPSA) is 88.2 Å². The largest absolute Gasteiger partial charge is 0.497 e. The van der Waals surface area contributed by atoms with E-state index in [2.05, 4.69) is 4.72 Å². The smallest absolute Gasteiger partial charge is 0.222 e. The van der Waals surface area contributed by atoms with Crippen molar-refractivity contribution in [3.63, 3.8) is 0 Å². The first kappa shape index (κ1) is 21.8. The number of hydroxylamine groups is 2. The third-order valence-electron chi connectivity index (χ3n) is 5.32. The minimum atomic E-state index is -3.56. The van der Waals surface area contributed by atoms with Gasteiger partial charge in [0, 0.05) is 33.1 Å². The van der Waals surface area contributed by atoms with Crippen LogP contribution in [0, 0.1) is 0 Å². The van der Waals surface area contributed by atoms with Crippen LogP contribution in [0.15, 0.2) is 30.3 Å². The van der Waals surface area contributed by atoms with Crippen molar-refractivity contribution in [1.82, 2.24) is 14.7 Å². The minimum absolute atomic E-state index is 0.105. The molecule has 2 saturated heterocycles. The summed E-state index contributed by atoms with van der Waals surface area (Å²) in [5.74, 6) is 0.922. The first-order chi connectivity index (χ1) is 13.9. The van der Waals surface area contributed by atoms with Crippen LogP contribution in [-0.2, 0) is 19.7 Å². The van der Waals surface area contributed by atoms with Crippen LogP contribution in [0.1, 0.15) is 24.8 Å². The van der Waals surface area contributed by atoms with Crippen molar-refractivity contribution in [3.05, 3.63) is 35.9 Å². The van der Waals surface area contributed by atoms with E-state index in [9.17, 15) is 13.2 Å². The molecule has 2 fully saturated rings. The Morgan fingerprint density at radius 2 is 2.07 bits per heavy atom. The lowest BCUT2D eigenvalue weighted by molar-refractivity contribution is -0.127.